The summed E-state index contributed by atoms with van der Waals surface area (Å²) in [7, 11) is 1.21. The van der Waals surface area contributed by atoms with E-state index in [-0.39, 0.29) is 45.3 Å². The number of halogens is 1. The number of nitrogen functional groups attached to an aromatic ring is 1. The minimum atomic E-state index is -1.22. The fourth-order valence-electron chi connectivity index (χ4n) is 5.26. The van der Waals surface area contributed by atoms with Gasteiger partial charge in [-0.3, -0.25) is 4.79 Å². The summed E-state index contributed by atoms with van der Waals surface area (Å²) in [4.78, 5) is 53.3. The van der Waals surface area contributed by atoms with Gasteiger partial charge in [0, 0.05) is 45.8 Å². The van der Waals surface area contributed by atoms with Crippen LogP contribution in [0.2, 0.25) is 5.02 Å². The zero-order valence-electron chi connectivity index (χ0n) is 23.4. The third kappa shape index (κ3) is 5.15. The molecule has 6 rings (SSSR count). The fourth-order valence-corrected chi connectivity index (χ4v) is 5.43. The van der Waals surface area contributed by atoms with Crippen LogP contribution in [0, 0.1) is 0 Å². The van der Waals surface area contributed by atoms with Crippen LogP contribution < -0.4 is 16.5 Å². The molecule has 0 saturated carbocycles. The van der Waals surface area contributed by atoms with E-state index >= 15 is 0 Å². The van der Waals surface area contributed by atoms with E-state index in [9.17, 15) is 29.4 Å². The molecule has 11 nitrogen and oxygen atoms in total. The number of nitrogens with two attached hydrogens (primary N) is 1. The Bertz CT molecular complexity index is 2240. The highest BCUT2D eigenvalue weighted by Crippen LogP contribution is 2.44. The molecule has 45 heavy (non-hydrogen) atoms. The highest BCUT2D eigenvalue weighted by molar-refractivity contribution is 6.31. The Morgan fingerprint density at radius 2 is 1.78 bits per heavy atom. The molecule has 2 heterocycles. The molecule has 0 saturated heterocycles. The van der Waals surface area contributed by atoms with Gasteiger partial charge in [-0.25, -0.2) is 19.4 Å². The van der Waals surface area contributed by atoms with Gasteiger partial charge in [0.25, 0.3) is 0 Å². The Labute approximate surface area is 258 Å². The van der Waals surface area contributed by atoms with Gasteiger partial charge in [0.15, 0.2) is 0 Å². The van der Waals surface area contributed by atoms with Crippen molar-refractivity contribution in [2.24, 2.45) is 0 Å². The number of hydrogen-bond donors (Lipinski definition) is 4. The van der Waals surface area contributed by atoms with Crippen LogP contribution in [0.5, 0.6) is 0 Å². The molecule has 224 valence electrons. The number of benzene rings is 4. The topological polar surface area (TPSA) is 182 Å². The third-order valence-electron chi connectivity index (χ3n) is 7.42. The van der Waals surface area contributed by atoms with E-state index < -0.39 is 23.3 Å². The van der Waals surface area contributed by atoms with Crippen molar-refractivity contribution in [1.82, 2.24) is 4.98 Å². The average Bonchev–Trinajstić information content (AvgIpc) is 3.03. The highest BCUT2D eigenvalue weighted by Gasteiger charge is 2.26. The molecule has 0 unspecified atom stereocenters. The number of fused-ring (bicyclic) bond motifs is 3. The molecule has 1 aliphatic carbocycles. The number of carbonyl (C=O) groups excluding carboxylic acids is 1. The molecule has 2 aliphatic rings. The molecule has 0 spiro atoms. The third-order valence-corrected chi connectivity index (χ3v) is 7.71. The lowest BCUT2D eigenvalue weighted by Gasteiger charge is -2.20. The van der Waals surface area contributed by atoms with Crippen molar-refractivity contribution in [3.8, 4) is 22.5 Å². The Kier molecular flexibility index (Phi) is 7.31. The molecule has 0 fully saturated rings. The molecule has 5 N–H and O–H groups in total. The summed E-state index contributed by atoms with van der Waals surface area (Å²) in [6.45, 7) is 0.0760. The van der Waals surface area contributed by atoms with E-state index in [2.05, 4.69) is 10.3 Å². The number of carbonyl (C=O) groups is 3. The second-order valence-corrected chi connectivity index (χ2v) is 10.5. The Balaban J connectivity index is 1.61. The maximum absolute atomic E-state index is 12.9. The normalized spacial score (nSPS) is 11.2. The van der Waals surface area contributed by atoms with Crippen molar-refractivity contribution in [3.05, 3.63) is 110 Å². The Morgan fingerprint density at radius 1 is 0.978 bits per heavy atom. The molecule has 12 heteroatoms. The van der Waals surface area contributed by atoms with Crippen molar-refractivity contribution >= 4 is 62.8 Å². The van der Waals surface area contributed by atoms with Gasteiger partial charge >= 0.3 is 17.9 Å². The average molecular weight is 624 g/mol. The lowest BCUT2D eigenvalue weighted by atomic mass is 9.88. The first-order valence-electron chi connectivity index (χ1n) is 13.4. The number of anilines is 2. The summed E-state index contributed by atoms with van der Waals surface area (Å²) in [5.74, 6) is -2.98. The SMILES string of the molecule is COC(=O)c1ccc(C(=O)O)cc1-c1c2cc(Cl)c(=O)cc-2oc2c(CNc3cccc4ccc(C(=O)O)nc34)c(N)ccc12. The number of pyridine rings is 1. The second kappa shape index (κ2) is 11.3. The number of aromatic nitrogens is 1. The summed E-state index contributed by atoms with van der Waals surface area (Å²) in [5, 5.41) is 23.5. The monoisotopic (exact) mass is 623 g/mol. The molecule has 0 radical (unpaired) electrons. The van der Waals surface area contributed by atoms with E-state index in [0.29, 0.717) is 44.4 Å². The van der Waals surface area contributed by atoms with Gasteiger partial charge in [-0.05, 0) is 54.1 Å². The van der Waals surface area contributed by atoms with Crippen molar-refractivity contribution < 1.29 is 33.8 Å². The number of para-hydroxylation sites is 1. The van der Waals surface area contributed by atoms with Gasteiger partial charge in [0.05, 0.1) is 34.5 Å². The lowest BCUT2D eigenvalue weighted by molar-refractivity contribution is 0.0598. The second-order valence-electron chi connectivity index (χ2n) is 10.1. The molecule has 0 bridgehead atoms. The predicted octanol–water partition coefficient (Wildman–Crippen LogP) is 6.14. The molecule has 1 aliphatic heterocycles. The first-order chi connectivity index (χ1) is 21.6. The maximum Gasteiger partial charge on any atom is 0.354 e. The first kappa shape index (κ1) is 29.1. The minimum absolute atomic E-state index is 0.0752. The van der Waals surface area contributed by atoms with Crippen molar-refractivity contribution in [2.45, 2.75) is 6.54 Å². The van der Waals surface area contributed by atoms with Crippen molar-refractivity contribution in [2.75, 3.05) is 18.2 Å². The van der Waals surface area contributed by atoms with Crippen LogP contribution in [0.4, 0.5) is 11.4 Å². The van der Waals surface area contributed by atoms with Gasteiger partial charge in [-0.15, -0.1) is 0 Å². The Morgan fingerprint density at radius 3 is 2.51 bits per heavy atom. The molecular formula is C33H22ClN3O8. The number of methoxy groups -OCH3 is 1. The molecule has 0 atom stereocenters. The number of carboxylic acid groups (broad SMARTS) is 2. The standard InChI is InChI=1S/C33H22ClN3O8/c1-44-33(43)17-7-5-16(31(39)40)11-19(17)28-18-8-9-23(35)21(30(18)45-27-13-26(38)22(34)12-20(27)28)14-36-24-4-2-3-15-6-10-25(32(41)42)37-29(15)24/h2-13,36H,14,35H2,1H3,(H,39,40)(H,41,42). The maximum atomic E-state index is 12.9. The number of esters is 1. The van der Waals surface area contributed by atoms with Crippen molar-refractivity contribution in [1.29, 1.82) is 0 Å². The van der Waals surface area contributed by atoms with Crippen LogP contribution in [0.15, 0.2) is 82.0 Å². The van der Waals surface area contributed by atoms with Crippen molar-refractivity contribution in [3.63, 3.8) is 0 Å². The largest absolute Gasteiger partial charge is 0.478 e. The highest BCUT2D eigenvalue weighted by atomic mass is 35.5. The first-order valence-corrected chi connectivity index (χ1v) is 13.8. The number of nitrogens with one attached hydrogen (secondary N) is 1. The summed E-state index contributed by atoms with van der Waals surface area (Å²) in [6.07, 6.45) is 0. The molecule has 0 amide bonds. The van der Waals surface area contributed by atoms with Gasteiger partial charge in [-0.1, -0.05) is 29.8 Å². The van der Waals surface area contributed by atoms with E-state index in [1.54, 1.807) is 36.4 Å². The zero-order chi connectivity index (χ0) is 32.0. The number of aromatic carboxylic acids is 2. The van der Waals surface area contributed by atoms with E-state index in [1.807, 2.05) is 0 Å². The number of hydrogen-bond acceptors (Lipinski definition) is 9. The van der Waals surface area contributed by atoms with Gasteiger partial charge in [0.2, 0.25) is 5.43 Å². The Hall–Kier alpha value is -5.94. The molecule has 3 aromatic carbocycles. The smallest absolute Gasteiger partial charge is 0.354 e. The van der Waals surface area contributed by atoms with Crippen LogP contribution in [-0.2, 0) is 11.3 Å². The van der Waals surface area contributed by atoms with Crippen LogP contribution in [0.1, 0.15) is 36.8 Å². The summed E-state index contributed by atoms with van der Waals surface area (Å²) >= 11 is 6.25. The van der Waals surface area contributed by atoms with Gasteiger partial charge < -0.3 is 30.4 Å². The molecule has 1 aromatic heterocycles. The fraction of sp³-hybridized carbons (Fsp3) is 0.0606. The van der Waals surface area contributed by atoms with Crippen LogP contribution in [-0.4, -0.2) is 40.2 Å². The quantitative estimate of drug-likeness (QED) is 0.0909. The van der Waals surface area contributed by atoms with E-state index in [1.165, 1.54) is 43.5 Å². The van der Waals surface area contributed by atoms with Crippen LogP contribution in [0.25, 0.3) is 44.3 Å². The predicted molar refractivity (Wildman–Crippen MR) is 168 cm³/mol. The lowest BCUT2D eigenvalue weighted by Crippen LogP contribution is -2.09. The summed E-state index contributed by atoms with van der Waals surface area (Å²) in [5.41, 5.74) is 8.75. The number of nitrogens with zero attached hydrogens (tertiary/aromatic N) is 1. The van der Waals surface area contributed by atoms with E-state index in [4.69, 9.17) is 26.5 Å². The molecular weight excluding hydrogens is 602 g/mol. The summed E-state index contributed by atoms with van der Waals surface area (Å²) < 4.78 is 11.3. The van der Waals surface area contributed by atoms with Gasteiger partial charge in [-0.2, -0.15) is 0 Å². The summed E-state index contributed by atoms with van der Waals surface area (Å²) in [6, 6.07) is 18.3. The number of ether oxygens (including phenoxy) is 1. The number of rotatable bonds is 7. The minimum Gasteiger partial charge on any atom is -0.478 e. The number of carboxylic acids is 2. The zero-order valence-corrected chi connectivity index (χ0v) is 24.1. The van der Waals surface area contributed by atoms with Crippen LogP contribution >= 0.6 is 11.6 Å². The molecule has 4 aromatic rings. The van der Waals surface area contributed by atoms with E-state index in [0.717, 1.165) is 0 Å². The van der Waals surface area contributed by atoms with Crippen LogP contribution in [0.3, 0.4) is 0 Å². The van der Waals surface area contributed by atoms with Gasteiger partial charge in [0.1, 0.15) is 17.0 Å².